The summed E-state index contributed by atoms with van der Waals surface area (Å²) in [6.45, 7) is 0.830. The van der Waals surface area contributed by atoms with E-state index in [1.807, 2.05) is 0 Å². The van der Waals surface area contributed by atoms with Crippen LogP contribution in [0, 0.1) is 11.6 Å². The highest BCUT2D eigenvalue weighted by Gasteiger charge is 2.37. The van der Waals surface area contributed by atoms with Crippen LogP contribution in [0.4, 0.5) is 33.5 Å². The minimum absolute atomic E-state index is 0.146. The van der Waals surface area contributed by atoms with Gasteiger partial charge >= 0.3 is 6.18 Å². The molecule has 0 spiro atoms. The van der Waals surface area contributed by atoms with Gasteiger partial charge in [0, 0.05) is 5.69 Å². The Bertz CT molecular complexity index is 963. The van der Waals surface area contributed by atoms with E-state index >= 15 is 0 Å². The molecule has 1 aromatic carbocycles. The molecule has 0 amide bonds. The normalized spacial score (nSPS) is 13.2. The molecule has 0 bridgehead atoms. The third-order valence-corrected chi connectivity index (χ3v) is 3.81. The molecule has 3 N–H and O–H groups in total. The molecule has 0 fully saturated rings. The number of anilines is 2. The minimum Gasteiger partial charge on any atom is -0.399 e. The van der Waals surface area contributed by atoms with Crippen LogP contribution in [-0.4, -0.2) is 31.8 Å². The number of nitrogens with zero attached hydrogens (tertiary/aromatic N) is 4. The lowest BCUT2D eigenvalue weighted by Crippen LogP contribution is -2.34. The zero-order valence-corrected chi connectivity index (χ0v) is 13.7. The Hall–Kier alpha value is -2.69. The predicted octanol–water partition coefficient (Wildman–Crippen LogP) is 3.67. The largest absolute Gasteiger partial charge is 0.408 e. The molecule has 138 valence electrons. The molecule has 0 radical (unpaired) electrons. The van der Waals surface area contributed by atoms with Crippen LogP contribution >= 0.6 is 11.6 Å². The van der Waals surface area contributed by atoms with E-state index in [0.717, 1.165) is 29.9 Å². The highest BCUT2D eigenvalue weighted by atomic mass is 35.5. The first-order valence-electron chi connectivity index (χ1n) is 7.07. The molecule has 2 aromatic heterocycles. The lowest BCUT2D eigenvalue weighted by atomic mass is 10.1. The second-order valence-corrected chi connectivity index (χ2v) is 5.72. The van der Waals surface area contributed by atoms with E-state index in [9.17, 15) is 22.0 Å². The molecule has 0 saturated heterocycles. The van der Waals surface area contributed by atoms with Crippen LogP contribution in [0.2, 0.25) is 5.15 Å². The van der Waals surface area contributed by atoms with Gasteiger partial charge in [-0.05, 0) is 19.1 Å². The molecule has 3 aromatic rings. The van der Waals surface area contributed by atoms with Gasteiger partial charge in [-0.2, -0.15) is 32.8 Å². The van der Waals surface area contributed by atoms with E-state index in [1.165, 1.54) is 0 Å². The summed E-state index contributed by atoms with van der Waals surface area (Å²) in [5.41, 5.74) is 4.05. The highest BCUT2D eigenvalue weighted by Crippen LogP contribution is 2.39. The Labute approximate surface area is 147 Å². The summed E-state index contributed by atoms with van der Waals surface area (Å²) in [7, 11) is 0. The van der Waals surface area contributed by atoms with E-state index in [0.29, 0.717) is 0 Å². The Kier molecular flexibility index (Phi) is 4.34. The van der Waals surface area contributed by atoms with Crippen molar-refractivity contribution >= 4 is 28.9 Å². The number of aromatic nitrogens is 4. The number of fused-ring (bicyclic) bond motifs is 1. The summed E-state index contributed by atoms with van der Waals surface area (Å²) < 4.78 is 68.5. The van der Waals surface area contributed by atoms with Gasteiger partial charge in [-0.15, -0.1) is 0 Å². The van der Waals surface area contributed by atoms with E-state index in [4.69, 9.17) is 17.3 Å². The van der Waals surface area contributed by atoms with Gasteiger partial charge in [0.05, 0.1) is 11.1 Å². The molecule has 0 aliphatic carbocycles. The van der Waals surface area contributed by atoms with Crippen LogP contribution in [0.5, 0.6) is 0 Å². The van der Waals surface area contributed by atoms with Crippen molar-refractivity contribution in [3.63, 3.8) is 0 Å². The fraction of sp³-hybridized carbons (Fsp3) is 0.214. The zero-order chi connectivity index (χ0) is 19.2. The number of benzene rings is 1. The van der Waals surface area contributed by atoms with Crippen molar-refractivity contribution in [1.29, 1.82) is 0 Å². The molecule has 0 saturated carbocycles. The topological polar surface area (TPSA) is 81.1 Å². The number of halogens is 6. The monoisotopic (exact) mass is 392 g/mol. The van der Waals surface area contributed by atoms with Crippen molar-refractivity contribution in [2.24, 2.45) is 0 Å². The molecule has 2 heterocycles. The van der Waals surface area contributed by atoms with Gasteiger partial charge < -0.3 is 11.1 Å². The van der Waals surface area contributed by atoms with Crippen LogP contribution in [-0.2, 0) is 0 Å². The number of hydrogen-bond donors (Lipinski definition) is 2. The summed E-state index contributed by atoms with van der Waals surface area (Å²) in [6.07, 6.45) is -3.63. The van der Waals surface area contributed by atoms with Crippen LogP contribution in [0.15, 0.2) is 18.5 Å². The Balaban J connectivity index is 2.32. The number of rotatable bonds is 3. The first-order valence-corrected chi connectivity index (χ1v) is 7.44. The quantitative estimate of drug-likeness (QED) is 0.404. The smallest absolute Gasteiger partial charge is 0.399 e. The van der Waals surface area contributed by atoms with E-state index in [-0.39, 0.29) is 11.5 Å². The van der Waals surface area contributed by atoms with Gasteiger partial charge in [0.2, 0.25) is 0 Å². The van der Waals surface area contributed by atoms with Crippen LogP contribution in [0.1, 0.15) is 6.92 Å². The van der Waals surface area contributed by atoms with E-state index in [1.54, 1.807) is 0 Å². The van der Waals surface area contributed by atoms with Crippen molar-refractivity contribution in [3.05, 3.63) is 35.2 Å². The second-order valence-electron chi connectivity index (χ2n) is 5.37. The maximum atomic E-state index is 14.4. The van der Waals surface area contributed by atoms with Gasteiger partial charge in [-0.25, -0.2) is 8.78 Å². The Morgan fingerprint density at radius 2 is 1.81 bits per heavy atom. The molecular formula is C14H10ClF5N6. The van der Waals surface area contributed by atoms with E-state index < -0.39 is 46.0 Å². The molecular weight excluding hydrogens is 383 g/mol. The third-order valence-electron chi connectivity index (χ3n) is 3.54. The van der Waals surface area contributed by atoms with Crippen molar-refractivity contribution in [2.75, 3.05) is 11.1 Å². The first kappa shape index (κ1) is 18.1. The van der Waals surface area contributed by atoms with Gasteiger partial charge in [-0.1, -0.05) is 11.6 Å². The summed E-state index contributed by atoms with van der Waals surface area (Å²) in [6, 6.07) is -0.443. The van der Waals surface area contributed by atoms with Gasteiger partial charge in [-0.3, -0.25) is 0 Å². The summed E-state index contributed by atoms with van der Waals surface area (Å²) >= 11 is 6.00. The standard InChI is InChI=1S/C14H10ClF5N6/c1-5(14(18,19)20)24-12-10(9-7(16)2-6(21)3-8(9)17)11(15)25-13-22-4-23-26(12)13/h2-5,24H,21H2,1H3/t5-/m0/s1. The molecule has 1 atom stereocenters. The van der Waals surface area contributed by atoms with Crippen LogP contribution in [0.25, 0.3) is 16.9 Å². The van der Waals surface area contributed by atoms with Crippen LogP contribution in [0.3, 0.4) is 0 Å². The van der Waals surface area contributed by atoms with Gasteiger partial charge in [0.15, 0.2) is 0 Å². The average molecular weight is 393 g/mol. The Morgan fingerprint density at radius 1 is 1.19 bits per heavy atom. The molecule has 0 unspecified atom stereocenters. The van der Waals surface area contributed by atoms with Crippen molar-refractivity contribution < 1.29 is 22.0 Å². The van der Waals surface area contributed by atoms with Crippen molar-refractivity contribution in [2.45, 2.75) is 19.1 Å². The molecule has 12 heteroatoms. The molecule has 0 aliphatic heterocycles. The lowest BCUT2D eigenvalue weighted by molar-refractivity contribution is -0.138. The number of nitrogens with two attached hydrogens (primary N) is 1. The maximum Gasteiger partial charge on any atom is 0.408 e. The Morgan fingerprint density at radius 3 is 2.38 bits per heavy atom. The lowest BCUT2D eigenvalue weighted by Gasteiger charge is -2.21. The van der Waals surface area contributed by atoms with E-state index in [2.05, 4.69) is 20.4 Å². The van der Waals surface area contributed by atoms with Gasteiger partial charge in [0.25, 0.3) is 5.78 Å². The fourth-order valence-corrected chi connectivity index (χ4v) is 2.55. The van der Waals surface area contributed by atoms with Crippen LogP contribution < -0.4 is 11.1 Å². The molecule has 0 aliphatic rings. The maximum absolute atomic E-state index is 14.4. The molecule has 26 heavy (non-hydrogen) atoms. The predicted molar refractivity (Wildman–Crippen MR) is 84.7 cm³/mol. The SMILES string of the molecule is C[C@H](Nc1c(-c2c(F)cc(N)cc2F)c(Cl)nc2ncnn12)C(F)(F)F. The summed E-state index contributed by atoms with van der Waals surface area (Å²) in [4.78, 5) is 7.55. The fourth-order valence-electron chi connectivity index (χ4n) is 2.29. The van der Waals surface area contributed by atoms with Crippen molar-refractivity contribution in [3.8, 4) is 11.1 Å². The minimum atomic E-state index is -4.64. The number of alkyl halides is 3. The summed E-state index contributed by atoms with van der Waals surface area (Å²) in [5, 5.41) is 5.42. The average Bonchev–Trinajstić information content (AvgIpc) is 2.95. The number of hydrogen-bond acceptors (Lipinski definition) is 5. The number of nitrogen functional groups attached to an aromatic ring is 1. The third kappa shape index (κ3) is 3.09. The van der Waals surface area contributed by atoms with Gasteiger partial charge in [0.1, 0.15) is 35.0 Å². The molecule has 6 nitrogen and oxygen atoms in total. The number of nitrogens with one attached hydrogen (secondary N) is 1. The molecule has 3 rings (SSSR count). The summed E-state index contributed by atoms with van der Waals surface area (Å²) in [5.74, 6) is -2.79. The van der Waals surface area contributed by atoms with Crippen molar-refractivity contribution in [1.82, 2.24) is 19.6 Å². The highest BCUT2D eigenvalue weighted by molar-refractivity contribution is 6.33. The first-order chi connectivity index (χ1) is 12.1. The second kappa shape index (κ2) is 6.24. The zero-order valence-electron chi connectivity index (χ0n) is 12.9.